The highest BCUT2D eigenvalue weighted by Gasteiger charge is 2.17. The molecule has 0 saturated heterocycles. The first-order chi connectivity index (χ1) is 12.7. The van der Waals surface area contributed by atoms with E-state index in [9.17, 15) is 9.59 Å². The van der Waals surface area contributed by atoms with Crippen molar-refractivity contribution in [1.29, 1.82) is 0 Å². The van der Waals surface area contributed by atoms with Gasteiger partial charge in [-0.15, -0.1) is 0 Å². The molecule has 0 amide bonds. The molecule has 0 unspecified atom stereocenters. The van der Waals surface area contributed by atoms with Gasteiger partial charge in [0.25, 0.3) is 5.56 Å². The molecule has 0 bridgehead atoms. The molecule has 144 valence electrons. The van der Waals surface area contributed by atoms with E-state index in [1.807, 2.05) is 4.57 Å². The van der Waals surface area contributed by atoms with Gasteiger partial charge in [-0.25, -0.2) is 9.78 Å². The maximum absolute atomic E-state index is 12.3. The number of nitrogens with one attached hydrogen (secondary N) is 1. The Balaban J connectivity index is 1.94. The van der Waals surface area contributed by atoms with Crippen LogP contribution in [-0.4, -0.2) is 19.1 Å². The molecule has 0 aliphatic heterocycles. The van der Waals surface area contributed by atoms with Crippen LogP contribution < -0.4 is 11.2 Å². The lowest BCUT2D eigenvalue weighted by Crippen LogP contribution is -2.29. The third-order valence-corrected chi connectivity index (χ3v) is 5.65. The second-order valence-electron chi connectivity index (χ2n) is 7.77. The maximum atomic E-state index is 12.3. The predicted molar refractivity (Wildman–Crippen MR) is 111 cm³/mol. The molecular formula is C20H26N4O2S. The first-order valence-electron chi connectivity index (χ1n) is 9.14. The molecule has 27 heavy (non-hydrogen) atoms. The van der Waals surface area contributed by atoms with Crippen molar-refractivity contribution in [3.63, 3.8) is 0 Å². The van der Waals surface area contributed by atoms with Gasteiger partial charge in [-0.05, 0) is 23.0 Å². The van der Waals surface area contributed by atoms with E-state index < -0.39 is 5.69 Å². The maximum Gasteiger partial charge on any atom is 0.329 e. The molecule has 6 nitrogen and oxygen atoms in total. The molecule has 0 spiro atoms. The van der Waals surface area contributed by atoms with E-state index in [4.69, 9.17) is 0 Å². The Morgan fingerprint density at radius 2 is 1.81 bits per heavy atom. The molecule has 0 saturated carbocycles. The summed E-state index contributed by atoms with van der Waals surface area (Å²) in [7, 11) is 1.63. The molecule has 0 radical (unpaired) electrons. The van der Waals surface area contributed by atoms with Gasteiger partial charge in [0, 0.05) is 19.3 Å². The molecule has 0 aliphatic rings. The van der Waals surface area contributed by atoms with Crippen molar-refractivity contribution in [2.45, 2.75) is 57.0 Å². The Bertz CT molecular complexity index is 1070. The molecule has 1 aromatic carbocycles. The van der Waals surface area contributed by atoms with Crippen molar-refractivity contribution in [2.24, 2.45) is 7.05 Å². The van der Waals surface area contributed by atoms with Crippen LogP contribution >= 0.6 is 11.8 Å². The fourth-order valence-electron chi connectivity index (χ4n) is 3.00. The molecule has 2 aromatic heterocycles. The smallest absolute Gasteiger partial charge is 0.313 e. The summed E-state index contributed by atoms with van der Waals surface area (Å²) >= 11 is 1.59. The van der Waals surface area contributed by atoms with Gasteiger partial charge in [-0.2, -0.15) is 0 Å². The molecule has 0 aliphatic carbocycles. The van der Waals surface area contributed by atoms with Gasteiger partial charge in [0.05, 0.1) is 0 Å². The number of aryl methyl sites for hydroxylation is 2. The minimum Gasteiger partial charge on any atom is -0.313 e. The zero-order valence-electron chi connectivity index (χ0n) is 16.5. The highest BCUT2D eigenvalue weighted by molar-refractivity contribution is 7.98. The lowest BCUT2D eigenvalue weighted by atomic mass is 9.87. The second kappa shape index (κ2) is 7.38. The number of fused-ring (bicyclic) bond motifs is 1. The number of thioether (sulfide) groups is 1. The number of H-pyrrole nitrogens is 1. The summed E-state index contributed by atoms with van der Waals surface area (Å²) in [5.74, 6) is 0.753. The van der Waals surface area contributed by atoms with E-state index in [0.29, 0.717) is 17.7 Å². The second-order valence-corrected chi connectivity index (χ2v) is 8.71. The quantitative estimate of drug-likeness (QED) is 0.682. The third kappa shape index (κ3) is 3.88. The van der Waals surface area contributed by atoms with Crippen molar-refractivity contribution < 1.29 is 0 Å². The van der Waals surface area contributed by atoms with Crippen LogP contribution in [0.1, 0.15) is 45.2 Å². The van der Waals surface area contributed by atoms with Gasteiger partial charge in [-0.1, -0.05) is 63.7 Å². The van der Waals surface area contributed by atoms with Gasteiger partial charge in [0.1, 0.15) is 0 Å². The van der Waals surface area contributed by atoms with Gasteiger partial charge >= 0.3 is 5.69 Å². The number of aromatic nitrogens is 4. The van der Waals surface area contributed by atoms with Gasteiger partial charge in [-0.3, -0.25) is 14.3 Å². The van der Waals surface area contributed by atoms with E-state index in [-0.39, 0.29) is 11.0 Å². The summed E-state index contributed by atoms with van der Waals surface area (Å²) < 4.78 is 3.31. The van der Waals surface area contributed by atoms with Crippen LogP contribution in [0.5, 0.6) is 0 Å². The molecular weight excluding hydrogens is 360 g/mol. The Kier molecular flexibility index (Phi) is 5.33. The van der Waals surface area contributed by atoms with Crippen molar-refractivity contribution in [3.8, 4) is 0 Å². The number of benzene rings is 1. The van der Waals surface area contributed by atoms with E-state index in [0.717, 1.165) is 17.3 Å². The summed E-state index contributed by atoms with van der Waals surface area (Å²) in [6.07, 6.45) is 0.877. The lowest BCUT2D eigenvalue weighted by molar-refractivity contribution is 0.590. The van der Waals surface area contributed by atoms with Gasteiger partial charge in [0.15, 0.2) is 16.3 Å². The summed E-state index contributed by atoms with van der Waals surface area (Å²) in [6.45, 7) is 9.34. The van der Waals surface area contributed by atoms with Crippen LogP contribution in [0, 0.1) is 0 Å². The Morgan fingerprint density at radius 3 is 2.41 bits per heavy atom. The van der Waals surface area contributed by atoms with Crippen LogP contribution in [0.4, 0.5) is 0 Å². The number of imidazole rings is 1. The number of hydrogen-bond donors (Lipinski definition) is 1. The first-order valence-corrected chi connectivity index (χ1v) is 10.1. The van der Waals surface area contributed by atoms with Crippen molar-refractivity contribution >= 4 is 22.9 Å². The average Bonchev–Trinajstić information content (AvgIpc) is 2.97. The topological polar surface area (TPSA) is 72.7 Å². The Labute approximate surface area is 162 Å². The number of rotatable bonds is 5. The average molecular weight is 387 g/mol. The molecule has 7 heteroatoms. The molecule has 1 N–H and O–H groups in total. The van der Waals surface area contributed by atoms with Crippen LogP contribution in [-0.2, 0) is 24.8 Å². The Hall–Kier alpha value is -2.28. The van der Waals surface area contributed by atoms with E-state index >= 15 is 0 Å². The summed E-state index contributed by atoms with van der Waals surface area (Å²) in [5.41, 5.74) is 2.71. The van der Waals surface area contributed by atoms with Crippen LogP contribution in [0.25, 0.3) is 11.2 Å². The SMILES string of the molecule is CCCn1c(SCc2ccc(C(C)(C)C)cc2)nc2c1c(=O)[nH]c(=O)n2C. The van der Waals surface area contributed by atoms with Crippen molar-refractivity contribution in [3.05, 3.63) is 56.2 Å². The number of aromatic amines is 1. The fourth-order valence-corrected chi connectivity index (χ4v) is 3.98. The molecule has 3 rings (SSSR count). The number of hydrogen-bond acceptors (Lipinski definition) is 4. The van der Waals surface area contributed by atoms with E-state index in [2.05, 4.69) is 61.9 Å². The summed E-state index contributed by atoms with van der Waals surface area (Å²) in [4.78, 5) is 31.2. The zero-order valence-corrected chi connectivity index (χ0v) is 17.3. The lowest BCUT2D eigenvalue weighted by Gasteiger charge is -2.19. The molecule has 2 heterocycles. The van der Waals surface area contributed by atoms with Gasteiger partial charge in [0.2, 0.25) is 0 Å². The fraction of sp³-hybridized carbons (Fsp3) is 0.450. The van der Waals surface area contributed by atoms with Crippen LogP contribution in [0.2, 0.25) is 0 Å². The minimum absolute atomic E-state index is 0.132. The highest BCUT2D eigenvalue weighted by atomic mass is 32.2. The largest absolute Gasteiger partial charge is 0.329 e. The Morgan fingerprint density at radius 1 is 1.15 bits per heavy atom. The van der Waals surface area contributed by atoms with E-state index in [1.165, 1.54) is 15.7 Å². The van der Waals surface area contributed by atoms with Crippen LogP contribution in [0.3, 0.4) is 0 Å². The van der Waals surface area contributed by atoms with Crippen molar-refractivity contribution in [2.75, 3.05) is 0 Å². The molecule has 0 fully saturated rings. The molecule has 0 atom stereocenters. The van der Waals surface area contributed by atoms with E-state index in [1.54, 1.807) is 18.8 Å². The normalized spacial score (nSPS) is 12.0. The first kappa shape index (κ1) is 19.5. The zero-order chi connectivity index (χ0) is 19.8. The molecule has 3 aromatic rings. The predicted octanol–water partition coefficient (Wildman–Crippen LogP) is 3.42. The number of nitrogens with zero attached hydrogens (tertiary/aromatic N) is 3. The monoisotopic (exact) mass is 386 g/mol. The summed E-state index contributed by atoms with van der Waals surface area (Å²) in [6, 6.07) is 8.62. The minimum atomic E-state index is -0.442. The van der Waals surface area contributed by atoms with Crippen LogP contribution in [0.15, 0.2) is 39.0 Å². The summed E-state index contributed by atoms with van der Waals surface area (Å²) in [5, 5.41) is 0.762. The van der Waals surface area contributed by atoms with Crippen molar-refractivity contribution in [1.82, 2.24) is 19.1 Å². The standard InChI is InChI=1S/C20H26N4O2S/c1-6-11-24-15-16(23(5)18(26)22-17(15)25)21-19(24)27-12-13-7-9-14(10-8-13)20(2,3)4/h7-10H,6,11-12H2,1-5H3,(H,22,25,26). The van der Waals surface area contributed by atoms with Gasteiger partial charge < -0.3 is 4.57 Å². The third-order valence-electron chi connectivity index (χ3n) is 4.61. The highest BCUT2D eigenvalue weighted by Crippen LogP contribution is 2.27.